The van der Waals surface area contributed by atoms with Gasteiger partial charge in [0.05, 0.1) is 18.1 Å². The van der Waals surface area contributed by atoms with Gasteiger partial charge in [-0.25, -0.2) is 0 Å². The molecule has 0 unspecified atom stereocenters. The second-order valence-electron chi connectivity index (χ2n) is 5.88. The molecule has 0 aromatic rings. The molecule has 0 spiro atoms. The average molecular weight is 284 g/mol. The highest BCUT2D eigenvalue weighted by molar-refractivity contribution is 5.67. The number of hydrogen-bond donors (Lipinski definition) is 3. The minimum absolute atomic E-state index is 0.349. The van der Waals surface area contributed by atoms with Crippen LogP contribution in [0.2, 0.25) is 0 Å². The SMILES string of the molecule is CC(C)=CCC/C(C)=C\CC[C@](C)(O)[C@H](O)CC(=O)O. The predicted octanol–water partition coefficient (Wildman–Crippen LogP) is 3.05. The Labute approximate surface area is 121 Å². The van der Waals surface area contributed by atoms with Crippen LogP contribution in [0.1, 0.15) is 59.8 Å². The number of aliphatic hydroxyl groups is 2. The Bertz CT molecular complexity index is 363. The van der Waals surface area contributed by atoms with Crippen molar-refractivity contribution < 1.29 is 20.1 Å². The third-order valence-electron chi connectivity index (χ3n) is 3.32. The maximum Gasteiger partial charge on any atom is 0.306 e. The maximum atomic E-state index is 10.5. The van der Waals surface area contributed by atoms with Gasteiger partial charge in [0.25, 0.3) is 0 Å². The lowest BCUT2D eigenvalue weighted by atomic mass is 9.91. The molecule has 4 heteroatoms. The van der Waals surface area contributed by atoms with Crippen molar-refractivity contribution in [3.8, 4) is 0 Å². The molecule has 0 saturated heterocycles. The fraction of sp³-hybridized carbons (Fsp3) is 0.688. The standard InChI is InChI=1S/C16H28O4/c1-12(2)7-5-8-13(3)9-6-10-16(4,20)14(17)11-15(18)19/h7,9,14,17,20H,5-6,8,10-11H2,1-4H3,(H,18,19)/b13-9-/t14-,16+/m1/s1. The number of carbonyl (C=O) groups is 1. The zero-order valence-corrected chi connectivity index (χ0v) is 13.0. The first-order valence-corrected chi connectivity index (χ1v) is 7.06. The molecule has 0 amide bonds. The van der Waals surface area contributed by atoms with Gasteiger partial charge in [0.2, 0.25) is 0 Å². The molecule has 20 heavy (non-hydrogen) atoms. The molecular weight excluding hydrogens is 256 g/mol. The van der Waals surface area contributed by atoms with Crippen LogP contribution in [0.4, 0.5) is 0 Å². The summed E-state index contributed by atoms with van der Waals surface area (Å²) in [6.07, 6.45) is 5.51. The van der Waals surface area contributed by atoms with Gasteiger partial charge in [-0.3, -0.25) is 4.79 Å². The van der Waals surface area contributed by atoms with Crippen molar-refractivity contribution in [2.24, 2.45) is 0 Å². The first-order chi connectivity index (χ1) is 9.15. The third kappa shape index (κ3) is 8.88. The van der Waals surface area contributed by atoms with Crippen molar-refractivity contribution in [3.63, 3.8) is 0 Å². The van der Waals surface area contributed by atoms with Crippen molar-refractivity contribution in [2.75, 3.05) is 0 Å². The molecule has 4 nitrogen and oxygen atoms in total. The van der Waals surface area contributed by atoms with Crippen LogP contribution in [0.3, 0.4) is 0 Å². The first kappa shape index (κ1) is 18.9. The van der Waals surface area contributed by atoms with Crippen molar-refractivity contribution >= 4 is 5.97 Å². The van der Waals surface area contributed by atoms with E-state index in [0.717, 1.165) is 12.8 Å². The molecule has 0 saturated carbocycles. The van der Waals surface area contributed by atoms with E-state index >= 15 is 0 Å². The van der Waals surface area contributed by atoms with Crippen molar-refractivity contribution in [2.45, 2.75) is 71.5 Å². The second-order valence-corrected chi connectivity index (χ2v) is 5.88. The molecular formula is C16H28O4. The molecule has 0 aliphatic rings. The normalized spacial score (nSPS) is 16.4. The van der Waals surface area contributed by atoms with E-state index in [-0.39, 0.29) is 0 Å². The zero-order chi connectivity index (χ0) is 15.8. The number of carboxylic acids is 1. The Kier molecular flexibility index (Phi) is 8.42. The van der Waals surface area contributed by atoms with Crippen LogP contribution in [0, 0.1) is 0 Å². The summed E-state index contributed by atoms with van der Waals surface area (Å²) >= 11 is 0. The van der Waals surface area contributed by atoms with Gasteiger partial charge in [-0.1, -0.05) is 23.3 Å². The molecule has 116 valence electrons. The van der Waals surface area contributed by atoms with Crippen LogP contribution in [0.5, 0.6) is 0 Å². The maximum absolute atomic E-state index is 10.5. The number of aliphatic hydroxyl groups excluding tert-OH is 1. The number of carboxylic acid groups (broad SMARTS) is 1. The number of rotatable bonds is 9. The Morgan fingerprint density at radius 1 is 1.20 bits per heavy atom. The van der Waals surface area contributed by atoms with E-state index in [2.05, 4.69) is 19.9 Å². The monoisotopic (exact) mass is 284 g/mol. The Morgan fingerprint density at radius 2 is 1.80 bits per heavy atom. The molecule has 0 aliphatic carbocycles. The minimum Gasteiger partial charge on any atom is -0.481 e. The Hall–Kier alpha value is -1.13. The summed E-state index contributed by atoms with van der Waals surface area (Å²) in [4.78, 5) is 10.5. The minimum atomic E-state index is -1.37. The lowest BCUT2D eigenvalue weighted by Gasteiger charge is -2.27. The van der Waals surface area contributed by atoms with Gasteiger partial charge in [0.1, 0.15) is 0 Å². The van der Waals surface area contributed by atoms with Crippen LogP contribution >= 0.6 is 0 Å². The van der Waals surface area contributed by atoms with Gasteiger partial charge in [-0.15, -0.1) is 0 Å². The van der Waals surface area contributed by atoms with Crippen LogP contribution < -0.4 is 0 Å². The summed E-state index contributed by atoms with van der Waals surface area (Å²) in [7, 11) is 0. The van der Waals surface area contributed by atoms with Crippen LogP contribution in [0.15, 0.2) is 23.3 Å². The van der Waals surface area contributed by atoms with Crippen LogP contribution in [0.25, 0.3) is 0 Å². The largest absolute Gasteiger partial charge is 0.481 e. The van der Waals surface area contributed by atoms with E-state index in [4.69, 9.17) is 5.11 Å². The summed E-state index contributed by atoms with van der Waals surface area (Å²) in [5.74, 6) is -1.11. The van der Waals surface area contributed by atoms with Gasteiger partial charge in [0, 0.05) is 0 Å². The van der Waals surface area contributed by atoms with Crippen LogP contribution in [-0.2, 0) is 4.79 Å². The summed E-state index contributed by atoms with van der Waals surface area (Å²) in [6, 6.07) is 0. The van der Waals surface area contributed by atoms with Gasteiger partial charge < -0.3 is 15.3 Å². The Balaban J connectivity index is 4.19. The summed E-state index contributed by atoms with van der Waals surface area (Å²) < 4.78 is 0. The molecule has 0 radical (unpaired) electrons. The van der Waals surface area contributed by atoms with E-state index in [1.807, 2.05) is 13.0 Å². The van der Waals surface area contributed by atoms with Gasteiger partial charge in [-0.2, -0.15) is 0 Å². The first-order valence-electron chi connectivity index (χ1n) is 7.06. The van der Waals surface area contributed by atoms with Gasteiger partial charge in [0.15, 0.2) is 0 Å². The highest BCUT2D eigenvalue weighted by Crippen LogP contribution is 2.21. The lowest BCUT2D eigenvalue weighted by molar-refractivity contribution is -0.145. The van der Waals surface area contributed by atoms with E-state index in [9.17, 15) is 15.0 Å². The van der Waals surface area contributed by atoms with E-state index in [1.165, 1.54) is 18.1 Å². The summed E-state index contributed by atoms with van der Waals surface area (Å²) in [5, 5.41) is 28.3. The average Bonchev–Trinajstić information content (AvgIpc) is 2.27. The molecule has 0 bridgehead atoms. The molecule has 3 N–H and O–H groups in total. The molecule has 0 aromatic carbocycles. The third-order valence-corrected chi connectivity index (χ3v) is 3.32. The highest BCUT2D eigenvalue weighted by atomic mass is 16.4. The molecule has 0 heterocycles. The van der Waals surface area contributed by atoms with Gasteiger partial charge >= 0.3 is 5.97 Å². The number of hydrogen-bond acceptors (Lipinski definition) is 3. The molecule has 0 rings (SSSR count). The fourth-order valence-electron chi connectivity index (χ4n) is 1.85. The summed E-state index contributed by atoms with van der Waals surface area (Å²) in [5.41, 5.74) is 1.18. The highest BCUT2D eigenvalue weighted by Gasteiger charge is 2.31. The topological polar surface area (TPSA) is 77.8 Å². The fourth-order valence-corrected chi connectivity index (χ4v) is 1.85. The zero-order valence-electron chi connectivity index (χ0n) is 13.0. The van der Waals surface area contributed by atoms with Gasteiger partial charge in [-0.05, 0) is 53.4 Å². The molecule has 0 aromatic heterocycles. The quantitative estimate of drug-likeness (QED) is 0.569. The molecule has 0 aliphatic heterocycles. The number of aliphatic carboxylic acids is 1. The molecule has 0 fully saturated rings. The smallest absolute Gasteiger partial charge is 0.306 e. The predicted molar refractivity (Wildman–Crippen MR) is 80.5 cm³/mol. The van der Waals surface area contributed by atoms with Crippen LogP contribution in [-0.4, -0.2) is 33.0 Å². The van der Waals surface area contributed by atoms with E-state index in [0.29, 0.717) is 12.8 Å². The summed E-state index contributed by atoms with van der Waals surface area (Å²) in [6.45, 7) is 7.66. The van der Waals surface area contributed by atoms with E-state index < -0.39 is 24.1 Å². The van der Waals surface area contributed by atoms with Crippen molar-refractivity contribution in [1.82, 2.24) is 0 Å². The number of allylic oxidation sites excluding steroid dienone is 4. The second kappa shape index (κ2) is 8.93. The molecule has 2 atom stereocenters. The van der Waals surface area contributed by atoms with Crippen molar-refractivity contribution in [1.29, 1.82) is 0 Å². The van der Waals surface area contributed by atoms with E-state index in [1.54, 1.807) is 0 Å². The van der Waals surface area contributed by atoms with Crippen molar-refractivity contribution in [3.05, 3.63) is 23.3 Å². The lowest BCUT2D eigenvalue weighted by Crippen LogP contribution is -2.40. The Morgan fingerprint density at radius 3 is 2.30 bits per heavy atom.